The molecule has 0 spiro atoms. The summed E-state index contributed by atoms with van der Waals surface area (Å²) in [7, 11) is 0. The Balaban J connectivity index is 1.60. The van der Waals surface area contributed by atoms with Crippen molar-refractivity contribution in [3.8, 4) is 0 Å². The van der Waals surface area contributed by atoms with Crippen molar-refractivity contribution in [3.05, 3.63) is 16.9 Å². The third-order valence-corrected chi connectivity index (χ3v) is 4.34. The highest BCUT2D eigenvalue weighted by molar-refractivity contribution is 9.10. The van der Waals surface area contributed by atoms with Gasteiger partial charge in [0.05, 0.1) is 11.1 Å². The number of carbonyl (C=O) groups is 1. The van der Waals surface area contributed by atoms with Crippen molar-refractivity contribution in [3.63, 3.8) is 0 Å². The van der Waals surface area contributed by atoms with Gasteiger partial charge < -0.3 is 20.3 Å². The predicted molar refractivity (Wildman–Crippen MR) is 80.9 cm³/mol. The largest absolute Gasteiger partial charge is 0.379 e. The van der Waals surface area contributed by atoms with Gasteiger partial charge in [-0.25, -0.2) is 9.97 Å². The molecule has 0 aromatic carbocycles. The maximum Gasteiger partial charge on any atom is 0.245 e. The Hall–Kier alpha value is -1.25. The first-order chi connectivity index (χ1) is 10.1. The summed E-state index contributed by atoms with van der Waals surface area (Å²) in [5.41, 5.74) is 5.30. The molecule has 3 heterocycles. The molecule has 7 nitrogen and oxygen atoms in total. The second-order valence-electron chi connectivity index (χ2n) is 5.44. The maximum absolute atomic E-state index is 12.5. The van der Waals surface area contributed by atoms with Crippen LogP contribution in [0.2, 0.25) is 0 Å². The fourth-order valence-corrected chi connectivity index (χ4v) is 2.85. The van der Waals surface area contributed by atoms with Crippen molar-refractivity contribution in [1.82, 2.24) is 14.9 Å². The molecule has 0 bridgehead atoms. The molecule has 1 atom stereocenters. The molecule has 2 saturated heterocycles. The zero-order chi connectivity index (χ0) is 14.9. The number of halogens is 1. The number of hydrogen-bond acceptors (Lipinski definition) is 6. The molecule has 1 aromatic rings. The number of nitrogens with zero attached hydrogens (tertiary/aromatic N) is 4. The van der Waals surface area contributed by atoms with Crippen LogP contribution in [0.1, 0.15) is 6.42 Å². The smallest absolute Gasteiger partial charge is 0.245 e. The third kappa shape index (κ3) is 3.02. The molecule has 114 valence electrons. The summed E-state index contributed by atoms with van der Waals surface area (Å²) in [5.74, 6) is 0.688. The third-order valence-electron chi connectivity index (χ3n) is 3.93. The number of piperazine rings is 1. The Labute approximate surface area is 131 Å². The van der Waals surface area contributed by atoms with E-state index in [1.54, 1.807) is 12.4 Å². The molecule has 2 aliphatic rings. The van der Waals surface area contributed by atoms with Crippen molar-refractivity contribution in [2.45, 2.75) is 12.0 Å². The standard InChI is InChI=1S/C13H18BrN5O2/c14-10-7-16-12(17-8-10)19-4-2-18(3-5-19)11(20)13(15)1-6-21-9-13/h7-8H,1-6,9,15H2. The Morgan fingerprint density at radius 1 is 1.29 bits per heavy atom. The van der Waals surface area contributed by atoms with Gasteiger partial charge in [0.2, 0.25) is 11.9 Å². The molecule has 3 rings (SSSR count). The Morgan fingerprint density at radius 3 is 2.52 bits per heavy atom. The van der Waals surface area contributed by atoms with Crippen LogP contribution in [0.4, 0.5) is 5.95 Å². The van der Waals surface area contributed by atoms with Crippen LogP contribution in [0.5, 0.6) is 0 Å². The zero-order valence-electron chi connectivity index (χ0n) is 11.7. The molecule has 1 amide bonds. The average Bonchev–Trinajstić information content (AvgIpc) is 2.96. The van der Waals surface area contributed by atoms with E-state index in [2.05, 4.69) is 30.8 Å². The summed E-state index contributed by atoms with van der Waals surface area (Å²) in [5, 5.41) is 0. The first-order valence-corrected chi connectivity index (χ1v) is 7.76. The van der Waals surface area contributed by atoms with Crippen molar-refractivity contribution in [2.24, 2.45) is 5.73 Å². The normalized spacial score (nSPS) is 26.2. The van der Waals surface area contributed by atoms with Crippen LogP contribution >= 0.6 is 15.9 Å². The molecule has 2 aliphatic heterocycles. The lowest BCUT2D eigenvalue weighted by molar-refractivity contribution is -0.137. The Morgan fingerprint density at radius 2 is 1.95 bits per heavy atom. The topological polar surface area (TPSA) is 84.6 Å². The number of carbonyl (C=O) groups excluding carboxylic acids is 1. The Bertz CT molecular complexity index is 510. The molecule has 0 saturated carbocycles. The van der Waals surface area contributed by atoms with E-state index < -0.39 is 5.54 Å². The van der Waals surface area contributed by atoms with Gasteiger partial charge in [-0.3, -0.25) is 4.79 Å². The lowest BCUT2D eigenvalue weighted by Gasteiger charge is -2.37. The van der Waals surface area contributed by atoms with Gasteiger partial charge in [-0.15, -0.1) is 0 Å². The lowest BCUT2D eigenvalue weighted by Crippen LogP contribution is -2.60. The highest BCUT2D eigenvalue weighted by Gasteiger charge is 2.41. The lowest BCUT2D eigenvalue weighted by atomic mass is 9.98. The number of rotatable bonds is 2. The molecule has 21 heavy (non-hydrogen) atoms. The minimum atomic E-state index is -0.837. The zero-order valence-corrected chi connectivity index (χ0v) is 13.3. The molecule has 8 heteroatoms. The van der Waals surface area contributed by atoms with Crippen LogP contribution in [0.15, 0.2) is 16.9 Å². The van der Waals surface area contributed by atoms with Crippen LogP contribution in [0, 0.1) is 0 Å². The number of amides is 1. The number of anilines is 1. The molecular formula is C13H18BrN5O2. The van der Waals surface area contributed by atoms with E-state index in [-0.39, 0.29) is 5.91 Å². The summed E-state index contributed by atoms with van der Waals surface area (Å²) in [6, 6.07) is 0. The number of nitrogens with two attached hydrogens (primary N) is 1. The van der Waals surface area contributed by atoms with E-state index in [1.165, 1.54) is 0 Å². The fourth-order valence-electron chi connectivity index (χ4n) is 2.64. The van der Waals surface area contributed by atoms with Crippen molar-refractivity contribution >= 4 is 27.8 Å². The van der Waals surface area contributed by atoms with E-state index in [4.69, 9.17) is 10.5 Å². The van der Waals surface area contributed by atoms with Crippen LogP contribution in [-0.2, 0) is 9.53 Å². The molecule has 0 radical (unpaired) electrons. The maximum atomic E-state index is 12.5. The first kappa shape index (κ1) is 14.7. The quantitative estimate of drug-likeness (QED) is 0.804. The minimum Gasteiger partial charge on any atom is -0.379 e. The second kappa shape index (κ2) is 5.86. The van der Waals surface area contributed by atoms with Gasteiger partial charge in [0.1, 0.15) is 5.54 Å². The Kier molecular flexibility index (Phi) is 4.10. The minimum absolute atomic E-state index is 0.00336. The van der Waals surface area contributed by atoms with E-state index in [0.29, 0.717) is 51.8 Å². The summed E-state index contributed by atoms with van der Waals surface area (Å²) < 4.78 is 6.12. The van der Waals surface area contributed by atoms with E-state index in [0.717, 1.165) is 4.47 Å². The van der Waals surface area contributed by atoms with Crippen LogP contribution in [0.25, 0.3) is 0 Å². The first-order valence-electron chi connectivity index (χ1n) is 6.97. The predicted octanol–water partition coefficient (Wildman–Crippen LogP) is 0.00550. The van der Waals surface area contributed by atoms with Crippen molar-refractivity contribution in [1.29, 1.82) is 0 Å². The summed E-state index contributed by atoms with van der Waals surface area (Å²) in [6.07, 6.45) is 4.05. The van der Waals surface area contributed by atoms with Gasteiger partial charge >= 0.3 is 0 Å². The fraction of sp³-hybridized carbons (Fsp3) is 0.615. The summed E-state index contributed by atoms with van der Waals surface area (Å²) in [6.45, 7) is 3.58. The molecule has 1 aromatic heterocycles. The van der Waals surface area contributed by atoms with Gasteiger partial charge in [-0.05, 0) is 22.4 Å². The van der Waals surface area contributed by atoms with Crippen LogP contribution < -0.4 is 10.6 Å². The van der Waals surface area contributed by atoms with E-state index >= 15 is 0 Å². The van der Waals surface area contributed by atoms with E-state index in [9.17, 15) is 4.79 Å². The van der Waals surface area contributed by atoms with Gasteiger partial charge in [-0.2, -0.15) is 0 Å². The average molecular weight is 356 g/mol. The SMILES string of the molecule is NC1(C(=O)N2CCN(c3ncc(Br)cn3)CC2)CCOC1. The van der Waals surface area contributed by atoms with E-state index in [1.807, 2.05) is 4.90 Å². The van der Waals surface area contributed by atoms with Gasteiger partial charge in [0, 0.05) is 45.2 Å². The molecule has 0 aliphatic carbocycles. The monoisotopic (exact) mass is 355 g/mol. The van der Waals surface area contributed by atoms with Gasteiger partial charge in [0.25, 0.3) is 0 Å². The van der Waals surface area contributed by atoms with Gasteiger partial charge in [0.15, 0.2) is 0 Å². The molecular weight excluding hydrogens is 338 g/mol. The number of hydrogen-bond donors (Lipinski definition) is 1. The summed E-state index contributed by atoms with van der Waals surface area (Å²) in [4.78, 5) is 24.9. The van der Waals surface area contributed by atoms with Crippen molar-refractivity contribution < 1.29 is 9.53 Å². The van der Waals surface area contributed by atoms with Crippen LogP contribution in [-0.4, -0.2) is 65.7 Å². The number of aromatic nitrogens is 2. The summed E-state index contributed by atoms with van der Waals surface area (Å²) >= 11 is 3.32. The van der Waals surface area contributed by atoms with Gasteiger partial charge in [-0.1, -0.05) is 0 Å². The van der Waals surface area contributed by atoms with Crippen LogP contribution in [0.3, 0.4) is 0 Å². The highest BCUT2D eigenvalue weighted by Crippen LogP contribution is 2.20. The molecule has 1 unspecified atom stereocenters. The number of ether oxygens (including phenoxy) is 1. The molecule has 2 fully saturated rings. The second-order valence-corrected chi connectivity index (χ2v) is 6.35. The molecule has 2 N–H and O–H groups in total. The van der Waals surface area contributed by atoms with Crippen molar-refractivity contribution in [2.75, 3.05) is 44.3 Å². The highest BCUT2D eigenvalue weighted by atomic mass is 79.9.